The van der Waals surface area contributed by atoms with Gasteiger partial charge in [0, 0.05) is 23.3 Å². The van der Waals surface area contributed by atoms with Gasteiger partial charge in [-0.2, -0.15) is 0 Å². The Hall–Kier alpha value is -3.39. The number of ketones is 1. The van der Waals surface area contributed by atoms with E-state index in [9.17, 15) is 9.59 Å². The highest BCUT2D eigenvalue weighted by molar-refractivity contribution is 7.16. The van der Waals surface area contributed by atoms with Gasteiger partial charge in [0.15, 0.2) is 23.2 Å². The van der Waals surface area contributed by atoms with Crippen molar-refractivity contribution in [1.29, 1.82) is 0 Å². The fourth-order valence-electron chi connectivity index (χ4n) is 2.79. The van der Waals surface area contributed by atoms with Crippen molar-refractivity contribution >= 4 is 34.1 Å². The van der Waals surface area contributed by atoms with Crippen LogP contribution < -0.4 is 0 Å². The smallest absolute Gasteiger partial charge is 0.350 e. The number of para-hydroxylation sites is 1. The summed E-state index contributed by atoms with van der Waals surface area (Å²) in [5, 5.41) is 1.38. The Kier molecular flexibility index (Phi) is 4.70. The average Bonchev–Trinajstić information content (AvgIpc) is 3.27. The van der Waals surface area contributed by atoms with E-state index in [1.165, 1.54) is 0 Å². The van der Waals surface area contributed by atoms with Gasteiger partial charge in [0.2, 0.25) is 5.78 Å². The van der Waals surface area contributed by atoms with Crippen LogP contribution in [0.25, 0.3) is 21.8 Å². The third-order valence-corrected chi connectivity index (χ3v) is 5.30. The first-order chi connectivity index (χ1) is 13.5. The number of esters is 1. The molecule has 3 aromatic heterocycles. The van der Waals surface area contributed by atoms with Crippen molar-refractivity contribution in [3.05, 3.63) is 64.6 Å². The molecule has 0 amide bonds. The Bertz CT molecular complexity index is 1180. The minimum Gasteiger partial charge on any atom is -0.453 e. The molecule has 8 heteroatoms. The number of hydrogen-bond acceptors (Lipinski definition) is 8. The fraction of sp³-hybridized carbons (Fsp3) is 0.150. The van der Waals surface area contributed by atoms with E-state index in [1.807, 2.05) is 18.2 Å². The van der Waals surface area contributed by atoms with E-state index in [0.717, 1.165) is 22.3 Å². The van der Waals surface area contributed by atoms with Crippen LogP contribution in [0.3, 0.4) is 0 Å². The zero-order chi connectivity index (χ0) is 19.7. The zero-order valence-corrected chi connectivity index (χ0v) is 15.9. The van der Waals surface area contributed by atoms with Crippen molar-refractivity contribution in [3.63, 3.8) is 0 Å². The standard InChI is InChI=1S/C20H15N3O4S/c1-11-13-6-3-4-7-15(13)27-16(11)14(24)10-26-20(25)17-12(2)23-19(28-17)18-21-8-5-9-22-18/h3-9H,10H2,1-2H3. The highest BCUT2D eigenvalue weighted by Gasteiger charge is 2.22. The number of Topliss-reactive ketones (excluding diaryl/α,β-unsaturated/α-hetero) is 1. The first-order valence-electron chi connectivity index (χ1n) is 8.48. The highest BCUT2D eigenvalue weighted by Crippen LogP contribution is 2.27. The topological polar surface area (TPSA) is 95.2 Å². The molecule has 0 aliphatic heterocycles. The quantitative estimate of drug-likeness (QED) is 0.373. The van der Waals surface area contributed by atoms with Gasteiger partial charge in [-0.3, -0.25) is 4.79 Å². The summed E-state index contributed by atoms with van der Waals surface area (Å²) in [5.41, 5.74) is 1.86. The Labute approximate surface area is 164 Å². The first-order valence-corrected chi connectivity index (χ1v) is 9.29. The van der Waals surface area contributed by atoms with Crippen LogP contribution in [0.5, 0.6) is 0 Å². The number of fused-ring (bicyclic) bond motifs is 1. The molecule has 0 bridgehead atoms. The van der Waals surface area contributed by atoms with Crippen LogP contribution in [0.2, 0.25) is 0 Å². The number of carbonyl (C=O) groups is 2. The molecular weight excluding hydrogens is 378 g/mol. The number of rotatable bonds is 5. The van der Waals surface area contributed by atoms with Crippen molar-refractivity contribution in [2.24, 2.45) is 0 Å². The molecule has 0 atom stereocenters. The summed E-state index contributed by atoms with van der Waals surface area (Å²) in [5.74, 6) is -0.368. The third kappa shape index (κ3) is 3.29. The van der Waals surface area contributed by atoms with Gasteiger partial charge >= 0.3 is 5.97 Å². The normalized spacial score (nSPS) is 10.9. The predicted molar refractivity (Wildman–Crippen MR) is 103 cm³/mol. The minimum absolute atomic E-state index is 0.202. The van der Waals surface area contributed by atoms with Crippen molar-refractivity contribution < 1.29 is 18.7 Å². The maximum atomic E-state index is 12.5. The molecular formula is C20H15N3O4S. The van der Waals surface area contributed by atoms with Crippen LogP contribution in [0, 0.1) is 13.8 Å². The Morgan fingerprint density at radius 3 is 2.61 bits per heavy atom. The maximum absolute atomic E-state index is 12.5. The number of nitrogens with zero attached hydrogens (tertiary/aromatic N) is 3. The number of thiazole rings is 1. The van der Waals surface area contributed by atoms with Gasteiger partial charge in [0.05, 0.1) is 5.69 Å². The monoisotopic (exact) mass is 393 g/mol. The van der Waals surface area contributed by atoms with Crippen molar-refractivity contribution in [2.75, 3.05) is 6.61 Å². The summed E-state index contributed by atoms with van der Waals surface area (Å²) in [7, 11) is 0. The van der Waals surface area contributed by atoms with Crippen molar-refractivity contribution in [2.45, 2.75) is 13.8 Å². The lowest BCUT2D eigenvalue weighted by Crippen LogP contribution is -2.14. The van der Waals surface area contributed by atoms with Gasteiger partial charge in [-0.1, -0.05) is 18.2 Å². The van der Waals surface area contributed by atoms with Crippen molar-refractivity contribution in [3.8, 4) is 10.8 Å². The van der Waals surface area contributed by atoms with E-state index >= 15 is 0 Å². The van der Waals surface area contributed by atoms with Crippen LogP contribution in [0.4, 0.5) is 0 Å². The molecule has 0 saturated carbocycles. The lowest BCUT2D eigenvalue weighted by Gasteiger charge is -2.02. The van der Waals surface area contributed by atoms with Gasteiger partial charge in [-0.15, -0.1) is 11.3 Å². The molecule has 0 aliphatic rings. The third-order valence-electron chi connectivity index (χ3n) is 4.17. The molecule has 3 heterocycles. The van der Waals surface area contributed by atoms with Gasteiger partial charge in [0.1, 0.15) is 10.5 Å². The molecule has 4 aromatic rings. The predicted octanol–water partition coefficient (Wildman–Crippen LogP) is 4.00. The summed E-state index contributed by atoms with van der Waals surface area (Å²) >= 11 is 1.13. The van der Waals surface area contributed by atoms with E-state index < -0.39 is 18.4 Å². The minimum atomic E-state index is -0.612. The van der Waals surface area contributed by atoms with Crippen LogP contribution in [0.1, 0.15) is 31.5 Å². The van der Waals surface area contributed by atoms with E-state index in [2.05, 4.69) is 15.0 Å². The number of aromatic nitrogens is 3. The number of hydrogen-bond donors (Lipinski definition) is 0. The summed E-state index contributed by atoms with van der Waals surface area (Å²) in [6.07, 6.45) is 3.21. The number of furan rings is 1. The van der Waals surface area contributed by atoms with Crippen LogP contribution in [0.15, 0.2) is 47.1 Å². The van der Waals surface area contributed by atoms with Crippen LogP contribution in [-0.2, 0) is 4.74 Å². The van der Waals surface area contributed by atoms with E-state index in [-0.39, 0.29) is 5.76 Å². The van der Waals surface area contributed by atoms with Crippen LogP contribution in [-0.4, -0.2) is 33.3 Å². The lowest BCUT2D eigenvalue weighted by atomic mass is 10.1. The molecule has 7 nitrogen and oxygen atoms in total. The van der Waals surface area contributed by atoms with Gasteiger partial charge in [-0.05, 0) is 26.0 Å². The fourth-order valence-corrected chi connectivity index (χ4v) is 3.70. The molecule has 0 saturated heterocycles. The van der Waals surface area contributed by atoms with Gasteiger partial charge in [0.25, 0.3) is 0 Å². The Balaban J connectivity index is 1.49. The number of carbonyl (C=O) groups excluding carboxylic acids is 2. The number of ether oxygens (including phenoxy) is 1. The van der Waals surface area contributed by atoms with Crippen molar-refractivity contribution in [1.82, 2.24) is 15.0 Å². The molecule has 0 fully saturated rings. The maximum Gasteiger partial charge on any atom is 0.350 e. The number of benzene rings is 1. The summed E-state index contributed by atoms with van der Waals surface area (Å²) in [6, 6.07) is 9.08. The molecule has 0 aliphatic carbocycles. The van der Waals surface area contributed by atoms with Gasteiger partial charge < -0.3 is 9.15 Å². The molecule has 140 valence electrons. The summed E-state index contributed by atoms with van der Waals surface area (Å²) in [6.45, 7) is 3.10. The zero-order valence-electron chi connectivity index (χ0n) is 15.1. The molecule has 1 aromatic carbocycles. The Morgan fingerprint density at radius 2 is 1.86 bits per heavy atom. The SMILES string of the molecule is Cc1nc(-c2ncccn2)sc1C(=O)OCC(=O)c1oc2ccccc2c1C. The molecule has 28 heavy (non-hydrogen) atoms. The van der Waals surface area contributed by atoms with E-state index in [4.69, 9.17) is 9.15 Å². The lowest BCUT2D eigenvalue weighted by molar-refractivity contribution is 0.0472. The largest absolute Gasteiger partial charge is 0.453 e. The second-order valence-corrected chi connectivity index (χ2v) is 7.06. The number of aryl methyl sites for hydroxylation is 2. The molecule has 0 unspecified atom stereocenters. The molecule has 0 spiro atoms. The second-order valence-electron chi connectivity index (χ2n) is 6.06. The first kappa shape index (κ1) is 18.0. The van der Waals surface area contributed by atoms with Crippen LogP contribution >= 0.6 is 11.3 Å². The molecule has 0 N–H and O–H groups in total. The average molecular weight is 393 g/mol. The summed E-state index contributed by atoms with van der Waals surface area (Å²) in [4.78, 5) is 37.8. The molecule has 4 rings (SSSR count). The van der Waals surface area contributed by atoms with E-state index in [1.54, 1.807) is 38.4 Å². The highest BCUT2D eigenvalue weighted by atomic mass is 32.1. The van der Waals surface area contributed by atoms with E-state index in [0.29, 0.717) is 27.0 Å². The Morgan fingerprint density at radius 1 is 1.11 bits per heavy atom. The molecule has 0 radical (unpaired) electrons. The second kappa shape index (κ2) is 7.32. The van der Waals surface area contributed by atoms with Gasteiger partial charge in [-0.25, -0.2) is 19.7 Å². The summed E-state index contributed by atoms with van der Waals surface area (Å²) < 4.78 is 10.8.